The summed E-state index contributed by atoms with van der Waals surface area (Å²) in [6.07, 6.45) is 1.99. The number of fused-ring (bicyclic) bond motifs is 1. The Labute approximate surface area is 167 Å². The van der Waals surface area contributed by atoms with Crippen molar-refractivity contribution in [3.05, 3.63) is 51.6 Å². The van der Waals surface area contributed by atoms with Gasteiger partial charge in [0, 0.05) is 36.1 Å². The number of anilines is 1. The van der Waals surface area contributed by atoms with Crippen LogP contribution in [0.2, 0.25) is 5.02 Å². The number of hydrogen-bond donors (Lipinski definition) is 0. The molecule has 7 heteroatoms. The molecule has 27 heavy (non-hydrogen) atoms. The molecule has 140 valence electrons. The molecular formula is C20H21ClN4OS. The minimum Gasteiger partial charge on any atom is -0.352 e. The SMILES string of the molecule is Cc1sc2ncnc(N3CCN(C(=O)Cc4ccccc4Cl)CC3)c2c1C. The minimum atomic E-state index is 0.123. The Kier molecular flexibility index (Phi) is 5.02. The first kappa shape index (κ1) is 18.2. The van der Waals surface area contributed by atoms with Crippen LogP contribution in [0.25, 0.3) is 10.2 Å². The monoisotopic (exact) mass is 400 g/mol. The summed E-state index contributed by atoms with van der Waals surface area (Å²) in [6, 6.07) is 7.53. The molecule has 1 aromatic carbocycles. The average Bonchev–Trinajstić information content (AvgIpc) is 2.98. The summed E-state index contributed by atoms with van der Waals surface area (Å²) < 4.78 is 0. The molecule has 0 aliphatic carbocycles. The number of piperazine rings is 1. The van der Waals surface area contributed by atoms with Gasteiger partial charge in [0.25, 0.3) is 0 Å². The number of thiophene rings is 1. The minimum absolute atomic E-state index is 0.123. The van der Waals surface area contributed by atoms with Crippen LogP contribution in [0.5, 0.6) is 0 Å². The normalized spacial score (nSPS) is 14.8. The second-order valence-corrected chi connectivity index (χ2v) is 8.41. The highest BCUT2D eigenvalue weighted by Gasteiger charge is 2.24. The predicted molar refractivity (Wildman–Crippen MR) is 111 cm³/mol. The summed E-state index contributed by atoms with van der Waals surface area (Å²) in [7, 11) is 0. The number of benzene rings is 1. The van der Waals surface area contributed by atoms with Crippen LogP contribution >= 0.6 is 22.9 Å². The van der Waals surface area contributed by atoms with Gasteiger partial charge >= 0.3 is 0 Å². The van der Waals surface area contributed by atoms with Crippen molar-refractivity contribution in [3.8, 4) is 0 Å². The topological polar surface area (TPSA) is 49.3 Å². The lowest BCUT2D eigenvalue weighted by Crippen LogP contribution is -2.49. The lowest BCUT2D eigenvalue weighted by atomic mass is 10.1. The second kappa shape index (κ2) is 7.44. The molecule has 1 fully saturated rings. The lowest BCUT2D eigenvalue weighted by Gasteiger charge is -2.35. The van der Waals surface area contributed by atoms with Crippen LogP contribution in [0.3, 0.4) is 0 Å². The van der Waals surface area contributed by atoms with Crippen LogP contribution in [-0.2, 0) is 11.2 Å². The first-order chi connectivity index (χ1) is 13.0. The number of halogens is 1. The molecule has 1 aliphatic heterocycles. The number of carbonyl (C=O) groups is 1. The lowest BCUT2D eigenvalue weighted by molar-refractivity contribution is -0.130. The van der Waals surface area contributed by atoms with Crippen molar-refractivity contribution in [1.82, 2.24) is 14.9 Å². The number of aryl methyl sites for hydroxylation is 2. The highest BCUT2D eigenvalue weighted by Crippen LogP contribution is 2.34. The first-order valence-corrected chi connectivity index (χ1v) is 10.2. The van der Waals surface area contributed by atoms with Crippen molar-refractivity contribution in [2.24, 2.45) is 0 Å². The van der Waals surface area contributed by atoms with Crippen molar-refractivity contribution in [3.63, 3.8) is 0 Å². The summed E-state index contributed by atoms with van der Waals surface area (Å²) >= 11 is 7.90. The maximum absolute atomic E-state index is 12.7. The fourth-order valence-electron chi connectivity index (χ4n) is 3.49. The number of aromatic nitrogens is 2. The molecule has 3 heterocycles. The summed E-state index contributed by atoms with van der Waals surface area (Å²) in [6.45, 7) is 7.18. The van der Waals surface area contributed by atoms with E-state index < -0.39 is 0 Å². The average molecular weight is 401 g/mol. The fraction of sp³-hybridized carbons (Fsp3) is 0.350. The van der Waals surface area contributed by atoms with Crippen molar-refractivity contribution in [1.29, 1.82) is 0 Å². The van der Waals surface area contributed by atoms with E-state index in [-0.39, 0.29) is 5.91 Å². The molecular weight excluding hydrogens is 380 g/mol. The van der Waals surface area contributed by atoms with E-state index in [2.05, 4.69) is 28.7 Å². The van der Waals surface area contributed by atoms with Gasteiger partial charge in [-0.25, -0.2) is 9.97 Å². The Balaban J connectivity index is 1.47. The van der Waals surface area contributed by atoms with Gasteiger partial charge < -0.3 is 9.80 Å². The van der Waals surface area contributed by atoms with E-state index in [1.807, 2.05) is 29.2 Å². The molecule has 1 aliphatic rings. The standard InChI is InChI=1S/C20H21ClN4OS/c1-13-14(2)27-20-18(13)19(22-12-23-20)25-9-7-24(8-10-25)17(26)11-15-5-3-4-6-16(15)21/h3-6,12H,7-11H2,1-2H3. The molecule has 2 aromatic heterocycles. The van der Waals surface area contributed by atoms with Crippen LogP contribution < -0.4 is 4.90 Å². The molecule has 0 spiro atoms. The predicted octanol–water partition coefficient (Wildman–Crippen LogP) is 3.85. The van der Waals surface area contributed by atoms with Gasteiger partial charge in [0.1, 0.15) is 17.0 Å². The van der Waals surface area contributed by atoms with Gasteiger partial charge in [-0.3, -0.25) is 4.79 Å². The Hall–Kier alpha value is -2.18. The highest BCUT2D eigenvalue weighted by molar-refractivity contribution is 7.18. The molecule has 1 amide bonds. The molecule has 3 aromatic rings. The number of amides is 1. The summed E-state index contributed by atoms with van der Waals surface area (Å²) in [5.41, 5.74) is 2.14. The van der Waals surface area contributed by atoms with E-state index in [1.54, 1.807) is 17.7 Å². The first-order valence-electron chi connectivity index (χ1n) is 9.01. The van der Waals surface area contributed by atoms with E-state index in [4.69, 9.17) is 11.6 Å². The highest BCUT2D eigenvalue weighted by atomic mass is 35.5. The number of rotatable bonds is 3. The Morgan fingerprint density at radius 1 is 1.15 bits per heavy atom. The quantitative estimate of drug-likeness (QED) is 0.670. The Morgan fingerprint density at radius 3 is 2.63 bits per heavy atom. The number of carbonyl (C=O) groups excluding carboxylic acids is 1. The zero-order valence-electron chi connectivity index (χ0n) is 15.4. The molecule has 1 saturated heterocycles. The van der Waals surface area contributed by atoms with Gasteiger partial charge in [-0.2, -0.15) is 0 Å². The van der Waals surface area contributed by atoms with Gasteiger partial charge in [-0.1, -0.05) is 29.8 Å². The number of hydrogen-bond acceptors (Lipinski definition) is 5. The maximum atomic E-state index is 12.7. The fourth-order valence-corrected chi connectivity index (χ4v) is 4.68. The second-order valence-electron chi connectivity index (χ2n) is 6.80. The van der Waals surface area contributed by atoms with Gasteiger partial charge in [-0.05, 0) is 31.0 Å². The van der Waals surface area contributed by atoms with E-state index in [1.165, 1.54) is 10.4 Å². The van der Waals surface area contributed by atoms with Crippen LogP contribution in [0, 0.1) is 13.8 Å². The number of nitrogens with zero attached hydrogens (tertiary/aromatic N) is 4. The molecule has 0 unspecified atom stereocenters. The van der Waals surface area contributed by atoms with Crippen molar-refractivity contribution >= 4 is 44.9 Å². The van der Waals surface area contributed by atoms with Gasteiger partial charge in [0.05, 0.1) is 11.8 Å². The summed E-state index contributed by atoms with van der Waals surface area (Å²) in [5, 5.41) is 1.80. The van der Waals surface area contributed by atoms with Crippen LogP contribution in [0.15, 0.2) is 30.6 Å². The molecule has 0 bridgehead atoms. The Morgan fingerprint density at radius 2 is 1.89 bits per heavy atom. The zero-order valence-corrected chi connectivity index (χ0v) is 17.0. The smallest absolute Gasteiger partial charge is 0.227 e. The third-order valence-electron chi connectivity index (χ3n) is 5.18. The molecule has 5 nitrogen and oxygen atoms in total. The van der Waals surface area contributed by atoms with Crippen LogP contribution in [0.1, 0.15) is 16.0 Å². The van der Waals surface area contributed by atoms with Gasteiger partial charge in [0.2, 0.25) is 5.91 Å². The maximum Gasteiger partial charge on any atom is 0.227 e. The molecule has 0 saturated carbocycles. The van der Waals surface area contributed by atoms with Gasteiger partial charge in [0.15, 0.2) is 0 Å². The van der Waals surface area contributed by atoms with Crippen LogP contribution in [0.4, 0.5) is 5.82 Å². The van der Waals surface area contributed by atoms with E-state index in [0.29, 0.717) is 24.5 Å². The summed E-state index contributed by atoms with van der Waals surface area (Å²) in [4.78, 5) is 28.1. The molecule has 0 N–H and O–H groups in total. The van der Waals surface area contributed by atoms with E-state index in [9.17, 15) is 4.79 Å². The molecule has 4 rings (SSSR count). The summed E-state index contributed by atoms with van der Waals surface area (Å²) in [5.74, 6) is 1.11. The largest absolute Gasteiger partial charge is 0.352 e. The Bertz CT molecular complexity index is 995. The van der Waals surface area contributed by atoms with Crippen LogP contribution in [-0.4, -0.2) is 47.0 Å². The van der Waals surface area contributed by atoms with Crippen molar-refractivity contribution in [2.45, 2.75) is 20.3 Å². The van der Waals surface area contributed by atoms with Crippen molar-refractivity contribution < 1.29 is 4.79 Å². The van der Waals surface area contributed by atoms with E-state index in [0.717, 1.165) is 34.7 Å². The van der Waals surface area contributed by atoms with E-state index >= 15 is 0 Å². The zero-order chi connectivity index (χ0) is 19.0. The third kappa shape index (κ3) is 3.51. The molecule has 0 atom stereocenters. The molecule has 0 radical (unpaired) electrons. The third-order valence-corrected chi connectivity index (χ3v) is 6.66. The van der Waals surface area contributed by atoms with Gasteiger partial charge in [-0.15, -0.1) is 11.3 Å². The van der Waals surface area contributed by atoms with Crippen molar-refractivity contribution in [2.75, 3.05) is 31.1 Å².